The summed E-state index contributed by atoms with van der Waals surface area (Å²) in [6.45, 7) is 6.31. The average Bonchev–Trinajstić information content (AvgIpc) is 3.50. The molecule has 2 aromatic rings. The molecule has 0 amide bonds. The summed E-state index contributed by atoms with van der Waals surface area (Å²) in [5, 5.41) is 10.8. The first-order valence-electron chi connectivity index (χ1n) is 16.3. The minimum absolute atomic E-state index is 0.214. The summed E-state index contributed by atoms with van der Waals surface area (Å²) in [5.74, 6) is 1.63. The van der Waals surface area contributed by atoms with E-state index < -0.39 is 5.97 Å². The Morgan fingerprint density at radius 1 is 1.02 bits per heavy atom. The van der Waals surface area contributed by atoms with E-state index in [1.54, 1.807) is 17.0 Å². The number of aliphatic carboxylic acids is 1. The van der Waals surface area contributed by atoms with Crippen molar-refractivity contribution in [2.75, 3.05) is 33.2 Å². The summed E-state index contributed by atoms with van der Waals surface area (Å²) in [7, 11) is 2.25. The molecule has 2 atom stereocenters. The number of hydrogen-bond acceptors (Lipinski definition) is 5. The van der Waals surface area contributed by atoms with E-state index in [0.29, 0.717) is 5.92 Å². The molecule has 1 N–H and O–H groups in total. The highest BCUT2D eigenvalue weighted by Crippen LogP contribution is 2.38. The van der Waals surface area contributed by atoms with Gasteiger partial charge in [0.15, 0.2) is 0 Å². The third kappa shape index (κ3) is 8.61. The molecule has 7 heteroatoms. The number of piperidine rings is 1. The fraction of sp³-hybridized carbons (Fsp3) is 0.706. The minimum atomic E-state index is -0.711. The summed E-state index contributed by atoms with van der Waals surface area (Å²) in [4.78, 5) is 22.6. The number of thiazole rings is 1. The lowest BCUT2D eigenvalue weighted by atomic mass is 9.87. The first-order valence-corrected chi connectivity index (χ1v) is 17.1. The first kappa shape index (κ1) is 30.6. The van der Waals surface area contributed by atoms with Crippen LogP contribution in [0, 0.1) is 17.7 Å². The molecule has 2 unspecified atom stereocenters. The Balaban J connectivity index is 0.000000165. The topological polar surface area (TPSA) is 56.7 Å². The van der Waals surface area contributed by atoms with E-state index in [2.05, 4.69) is 35.1 Å². The van der Waals surface area contributed by atoms with Gasteiger partial charge in [0, 0.05) is 17.8 Å². The standard InChI is InChI=1S/C18H30N2S.C16H20FNO2/c1-3-16-18(15-9-11-20(2)12-10-15)21-17(19-16)13-14-7-5-4-6-8-14;17-14-3-1-2-12(9-14)13-6-7-18(10-13)15(16(19)20)8-11-4-5-11/h14-15H,3-13H2,1-2H3;1-3,9,11,13,15H,4-8,10H2,(H,19,20). The number of benzene rings is 1. The molecule has 4 fully saturated rings. The van der Waals surface area contributed by atoms with Gasteiger partial charge in [-0.1, -0.05) is 64.0 Å². The van der Waals surface area contributed by atoms with Gasteiger partial charge in [-0.05, 0) is 100 Å². The number of likely N-dealkylation sites (tertiary alicyclic amines) is 2. The quantitative estimate of drug-likeness (QED) is 0.331. The number of carboxylic acid groups (broad SMARTS) is 1. The predicted octanol–water partition coefficient (Wildman–Crippen LogP) is 7.51. The molecule has 1 aromatic heterocycles. The number of hydrogen-bond donors (Lipinski definition) is 1. The normalized spacial score (nSPS) is 23.7. The second-order valence-electron chi connectivity index (χ2n) is 13.1. The van der Waals surface area contributed by atoms with Gasteiger partial charge in [0.1, 0.15) is 11.9 Å². The lowest BCUT2D eigenvalue weighted by molar-refractivity contribution is -0.143. The minimum Gasteiger partial charge on any atom is -0.480 e. The summed E-state index contributed by atoms with van der Waals surface area (Å²) in [5.41, 5.74) is 2.41. The van der Waals surface area contributed by atoms with Crippen LogP contribution >= 0.6 is 11.3 Å². The molecule has 2 aliphatic heterocycles. The molecule has 2 saturated heterocycles. The van der Waals surface area contributed by atoms with Gasteiger partial charge in [0.2, 0.25) is 0 Å². The summed E-state index contributed by atoms with van der Waals surface area (Å²) in [6.07, 6.45) is 16.3. The number of carbonyl (C=O) groups is 1. The number of rotatable bonds is 9. The smallest absolute Gasteiger partial charge is 0.320 e. The van der Waals surface area contributed by atoms with Gasteiger partial charge >= 0.3 is 5.97 Å². The molecule has 4 aliphatic rings. The summed E-state index contributed by atoms with van der Waals surface area (Å²) in [6, 6.07) is 6.33. The van der Waals surface area contributed by atoms with Crippen LogP contribution in [-0.2, 0) is 17.6 Å². The molecule has 0 bridgehead atoms. The largest absolute Gasteiger partial charge is 0.480 e. The summed E-state index contributed by atoms with van der Waals surface area (Å²) < 4.78 is 13.3. The lowest BCUT2D eigenvalue weighted by Gasteiger charge is -2.28. The third-order valence-corrected chi connectivity index (χ3v) is 11.2. The Kier molecular flexibility index (Phi) is 10.9. The number of aromatic nitrogens is 1. The van der Waals surface area contributed by atoms with Crippen molar-refractivity contribution in [1.82, 2.24) is 14.8 Å². The second-order valence-corrected chi connectivity index (χ2v) is 14.2. The predicted molar refractivity (Wildman–Crippen MR) is 165 cm³/mol. The Bertz CT molecular complexity index is 1120. The van der Waals surface area contributed by atoms with Crippen LogP contribution in [0.25, 0.3) is 0 Å². The zero-order valence-corrected chi connectivity index (χ0v) is 26.0. The van der Waals surface area contributed by atoms with Gasteiger partial charge in [-0.2, -0.15) is 0 Å². The lowest BCUT2D eigenvalue weighted by Crippen LogP contribution is -2.40. The van der Waals surface area contributed by atoms with Crippen LogP contribution in [0.15, 0.2) is 24.3 Å². The highest BCUT2D eigenvalue weighted by molar-refractivity contribution is 7.11. The molecule has 2 saturated carbocycles. The van der Waals surface area contributed by atoms with E-state index in [9.17, 15) is 14.3 Å². The van der Waals surface area contributed by atoms with Crippen molar-refractivity contribution >= 4 is 17.3 Å². The molecular formula is C34H50FN3O2S. The molecule has 5 nitrogen and oxygen atoms in total. The molecule has 2 aliphatic carbocycles. The van der Waals surface area contributed by atoms with Crippen LogP contribution in [0.4, 0.5) is 4.39 Å². The van der Waals surface area contributed by atoms with Crippen molar-refractivity contribution in [2.45, 2.75) is 108 Å². The van der Waals surface area contributed by atoms with E-state index in [1.807, 2.05) is 6.07 Å². The maximum absolute atomic E-state index is 13.3. The Morgan fingerprint density at radius 2 is 1.76 bits per heavy atom. The maximum Gasteiger partial charge on any atom is 0.320 e. The number of halogens is 1. The highest BCUT2D eigenvalue weighted by Gasteiger charge is 2.37. The van der Waals surface area contributed by atoms with Crippen LogP contribution in [0.3, 0.4) is 0 Å². The molecule has 3 heterocycles. The molecule has 226 valence electrons. The maximum atomic E-state index is 13.3. The first-order chi connectivity index (χ1) is 19.9. The van der Waals surface area contributed by atoms with Crippen LogP contribution in [-0.4, -0.2) is 65.1 Å². The van der Waals surface area contributed by atoms with Crippen LogP contribution < -0.4 is 0 Å². The molecule has 41 heavy (non-hydrogen) atoms. The van der Waals surface area contributed by atoms with E-state index in [-0.39, 0.29) is 17.8 Å². The Hall–Kier alpha value is -1.83. The van der Waals surface area contributed by atoms with E-state index >= 15 is 0 Å². The fourth-order valence-corrected chi connectivity index (χ4v) is 8.60. The zero-order valence-electron chi connectivity index (χ0n) is 25.2. The van der Waals surface area contributed by atoms with Gasteiger partial charge in [0.25, 0.3) is 0 Å². The number of aryl methyl sites for hydroxylation is 1. The summed E-state index contributed by atoms with van der Waals surface area (Å²) >= 11 is 2.06. The van der Waals surface area contributed by atoms with Crippen molar-refractivity contribution in [3.63, 3.8) is 0 Å². The SMILES string of the molecule is CCc1nc(CC2CCCCC2)sc1C1CCN(C)CC1.O=C(O)C(CC1CC1)N1CCC(c2cccc(F)c2)C1. The van der Waals surface area contributed by atoms with Gasteiger partial charge in [-0.3, -0.25) is 9.69 Å². The monoisotopic (exact) mass is 583 g/mol. The van der Waals surface area contributed by atoms with Gasteiger partial charge in [0.05, 0.1) is 10.7 Å². The van der Waals surface area contributed by atoms with Crippen molar-refractivity contribution in [2.24, 2.45) is 11.8 Å². The molecule has 0 radical (unpaired) electrons. The van der Waals surface area contributed by atoms with Crippen molar-refractivity contribution < 1.29 is 14.3 Å². The zero-order chi connectivity index (χ0) is 28.8. The van der Waals surface area contributed by atoms with Crippen molar-refractivity contribution in [1.29, 1.82) is 0 Å². The highest BCUT2D eigenvalue weighted by atomic mass is 32.1. The number of nitrogens with zero attached hydrogens (tertiary/aromatic N) is 3. The van der Waals surface area contributed by atoms with Crippen molar-refractivity contribution in [3.05, 3.63) is 51.2 Å². The second kappa shape index (κ2) is 14.6. The fourth-order valence-electron chi connectivity index (χ4n) is 7.16. The molecular weight excluding hydrogens is 533 g/mol. The third-order valence-electron chi connectivity index (χ3n) is 9.90. The van der Waals surface area contributed by atoms with Crippen LogP contribution in [0.1, 0.15) is 111 Å². The van der Waals surface area contributed by atoms with E-state index in [4.69, 9.17) is 4.98 Å². The number of carboxylic acids is 1. The molecule has 1 aromatic carbocycles. The molecule has 0 spiro atoms. The van der Waals surface area contributed by atoms with E-state index in [0.717, 1.165) is 49.8 Å². The van der Waals surface area contributed by atoms with Crippen LogP contribution in [0.5, 0.6) is 0 Å². The Labute approximate surface area is 250 Å². The van der Waals surface area contributed by atoms with E-state index in [1.165, 1.54) is 94.1 Å². The van der Waals surface area contributed by atoms with Crippen molar-refractivity contribution in [3.8, 4) is 0 Å². The van der Waals surface area contributed by atoms with Gasteiger partial charge < -0.3 is 10.0 Å². The van der Waals surface area contributed by atoms with Crippen LogP contribution in [0.2, 0.25) is 0 Å². The van der Waals surface area contributed by atoms with Gasteiger partial charge in [-0.15, -0.1) is 11.3 Å². The Morgan fingerprint density at radius 3 is 2.41 bits per heavy atom. The average molecular weight is 584 g/mol. The molecule has 6 rings (SSSR count). The van der Waals surface area contributed by atoms with Gasteiger partial charge in [-0.25, -0.2) is 9.37 Å².